The van der Waals surface area contributed by atoms with E-state index < -0.39 is 11.5 Å². The van der Waals surface area contributed by atoms with Crippen LogP contribution in [-0.4, -0.2) is 21.6 Å². The third-order valence-corrected chi connectivity index (χ3v) is 2.69. The predicted octanol–water partition coefficient (Wildman–Crippen LogP) is 2.32. The second-order valence-electron chi connectivity index (χ2n) is 4.87. The SMILES string of the molecule is Cc1ccnc(NC(C)(C)CCC(=O)O)c1C#N. The first-order valence-corrected chi connectivity index (χ1v) is 5.71. The largest absolute Gasteiger partial charge is 0.481 e. The van der Waals surface area contributed by atoms with Gasteiger partial charge in [-0.3, -0.25) is 4.79 Å². The molecule has 96 valence electrons. The number of aryl methyl sites for hydroxylation is 1. The number of nitriles is 1. The fourth-order valence-electron chi connectivity index (χ4n) is 1.60. The Bertz CT molecular complexity index is 489. The summed E-state index contributed by atoms with van der Waals surface area (Å²) < 4.78 is 0. The Morgan fingerprint density at radius 3 is 2.83 bits per heavy atom. The highest BCUT2D eigenvalue weighted by atomic mass is 16.4. The van der Waals surface area contributed by atoms with Gasteiger partial charge in [-0.05, 0) is 38.8 Å². The first-order chi connectivity index (χ1) is 8.35. The zero-order valence-corrected chi connectivity index (χ0v) is 10.8. The Kier molecular flexibility index (Phi) is 4.27. The van der Waals surface area contributed by atoms with Gasteiger partial charge in [-0.25, -0.2) is 4.98 Å². The Morgan fingerprint density at radius 2 is 2.28 bits per heavy atom. The van der Waals surface area contributed by atoms with Crippen LogP contribution in [0.15, 0.2) is 12.3 Å². The molecule has 0 fully saturated rings. The molecule has 18 heavy (non-hydrogen) atoms. The van der Waals surface area contributed by atoms with E-state index >= 15 is 0 Å². The lowest BCUT2D eigenvalue weighted by Gasteiger charge is -2.27. The van der Waals surface area contributed by atoms with Crippen molar-refractivity contribution in [2.45, 2.75) is 39.2 Å². The van der Waals surface area contributed by atoms with E-state index in [9.17, 15) is 4.79 Å². The van der Waals surface area contributed by atoms with Crippen LogP contribution in [0.25, 0.3) is 0 Å². The van der Waals surface area contributed by atoms with Crippen molar-refractivity contribution in [3.8, 4) is 6.07 Å². The summed E-state index contributed by atoms with van der Waals surface area (Å²) in [5.74, 6) is -0.324. The number of carboxylic acid groups (broad SMARTS) is 1. The van der Waals surface area contributed by atoms with Crippen LogP contribution in [0.5, 0.6) is 0 Å². The van der Waals surface area contributed by atoms with Crippen molar-refractivity contribution < 1.29 is 9.90 Å². The van der Waals surface area contributed by atoms with Gasteiger partial charge in [0.2, 0.25) is 0 Å². The molecular weight excluding hydrogens is 230 g/mol. The summed E-state index contributed by atoms with van der Waals surface area (Å²) in [7, 11) is 0. The molecule has 0 spiro atoms. The fraction of sp³-hybridized carbons (Fsp3) is 0.462. The van der Waals surface area contributed by atoms with Crippen molar-refractivity contribution in [1.29, 1.82) is 5.26 Å². The first-order valence-electron chi connectivity index (χ1n) is 5.71. The van der Waals surface area contributed by atoms with Crippen molar-refractivity contribution in [3.63, 3.8) is 0 Å². The Balaban J connectivity index is 2.87. The molecule has 0 aliphatic carbocycles. The van der Waals surface area contributed by atoms with Gasteiger partial charge in [0, 0.05) is 18.2 Å². The minimum atomic E-state index is -0.831. The van der Waals surface area contributed by atoms with Crippen molar-refractivity contribution >= 4 is 11.8 Å². The summed E-state index contributed by atoms with van der Waals surface area (Å²) in [6.07, 6.45) is 2.17. The highest BCUT2D eigenvalue weighted by Crippen LogP contribution is 2.22. The number of hydrogen-bond acceptors (Lipinski definition) is 4. The van der Waals surface area contributed by atoms with Gasteiger partial charge in [-0.2, -0.15) is 5.26 Å². The van der Waals surface area contributed by atoms with Gasteiger partial charge in [0.25, 0.3) is 0 Å². The number of carboxylic acids is 1. The molecule has 5 heteroatoms. The molecule has 1 heterocycles. The summed E-state index contributed by atoms with van der Waals surface area (Å²) in [5.41, 5.74) is 0.926. The maximum atomic E-state index is 10.6. The van der Waals surface area contributed by atoms with Crippen molar-refractivity contribution in [2.24, 2.45) is 0 Å². The van der Waals surface area contributed by atoms with Gasteiger partial charge >= 0.3 is 5.97 Å². The average Bonchev–Trinajstić information content (AvgIpc) is 2.26. The molecule has 0 saturated carbocycles. The van der Waals surface area contributed by atoms with E-state index in [-0.39, 0.29) is 6.42 Å². The molecule has 5 nitrogen and oxygen atoms in total. The Hall–Kier alpha value is -2.09. The molecule has 0 aliphatic heterocycles. The maximum absolute atomic E-state index is 10.6. The van der Waals surface area contributed by atoms with Crippen molar-refractivity contribution in [1.82, 2.24) is 4.98 Å². The van der Waals surface area contributed by atoms with E-state index in [1.54, 1.807) is 12.3 Å². The van der Waals surface area contributed by atoms with Crippen LogP contribution in [0.4, 0.5) is 5.82 Å². The van der Waals surface area contributed by atoms with E-state index in [1.807, 2.05) is 20.8 Å². The molecule has 0 atom stereocenters. The van der Waals surface area contributed by atoms with Gasteiger partial charge in [-0.1, -0.05) is 0 Å². The third kappa shape index (κ3) is 3.74. The molecule has 0 saturated heterocycles. The fourth-order valence-corrected chi connectivity index (χ4v) is 1.60. The van der Waals surface area contributed by atoms with Crippen LogP contribution in [0.1, 0.15) is 37.8 Å². The Labute approximate surface area is 106 Å². The van der Waals surface area contributed by atoms with Gasteiger partial charge in [0.15, 0.2) is 0 Å². The lowest BCUT2D eigenvalue weighted by Crippen LogP contribution is -2.32. The lowest BCUT2D eigenvalue weighted by atomic mass is 9.98. The molecule has 0 amide bonds. The second kappa shape index (κ2) is 5.50. The van der Waals surface area contributed by atoms with Crippen LogP contribution in [0.3, 0.4) is 0 Å². The van der Waals surface area contributed by atoms with Gasteiger partial charge < -0.3 is 10.4 Å². The van der Waals surface area contributed by atoms with Gasteiger partial charge in [0.1, 0.15) is 11.9 Å². The molecule has 0 bridgehead atoms. The van der Waals surface area contributed by atoms with E-state index in [1.165, 1.54) is 0 Å². The van der Waals surface area contributed by atoms with Crippen LogP contribution in [0, 0.1) is 18.3 Å². The standard InChI is InChI=1S/C13H17N3O2/c1-9-5-7-15-12(10(9)8-14)16-13(2,3)6-4-11(17)18/h5,7H,4,6H2,1-3H3,(H,15,16)(H,17,18). The monoisotopic (exact) mass is 247 g/mol. The molecule has 1 rings (SSSR count). The number of pyridine rings is 1. The third-order valence-electron chi connectivity index (χ3n) is 2.69. The molecule has 0 unspecified atom stereocenters. The van der Waals surface area contributed by atoms with Crippen LogP contribution in [-0.2, 0) is 4.79 Å². The summed E-state index contributed by atoms with van der Waals surface area (Å²) in [6, 6.07) is 3.88. The number of aromatic nitrogens is 1. The van der Waals surface area contributed by atoms with E-state index in [4.69, 9.17) is 10.4 Å². The lowest BCUT2D eigenvalue weighted by molar-refractivity contribution is -0.137. The van der Waals surface area contributed by atoms with Crippen molar-refractivity contribution in [2.75, 3.05) is 5.32 Å². The summed E-state index contributed by atoms with van der Waals surface area (Å²) in [5, 5.41) is 20.9. The molecule has 0 aromatic carbocycles. The highest BCUT2D eigenvalue weighted by molar-refractivity contribution is 5.67. The summed E-state index contributed by atoms with van der Waals surface area (Å²) in [6.45, 7) is 5.62. The first kappa shape index (κ1) is 14.0. The van der Waals surface area contributed by atoms with E-state index in [0.29, 0.717) is 17.8 Å². The molecule has 1 aromatic heterocycles. The summed E-state index contributed by atoms with van der Waals surface area (Å²) in [4.78, 5) is 14.7. The average molecular weight is 247 g/mol. The van der Waals surface area contributed by atoms with E-state index in [0.717, 1.165) is 5.56 Å². The molecule has 0 radical (unpaired) electrons. The molecule has 2 N–H and O–H groups in total. The number of hydrogen-bond donors (Lipinski definition) is 2. The maximum Gasteiger partial charge on any atom is 0.303 e. The normalized spacial score (nSPS) is 10.8. The number of rotatable bonds is 5. The van der Waals surface area contributed by atoms with Gasteiger partial charge in [-0.15, -0.1) is 0 Å². The number of aliphatic carboxylic acids is 1. The number of carbonyl (C=O) groups is 1. The van der Waals surface area contributed by atoms with Crippen LogP contribution < -0.4 is 5.32 Å². The van der Waals surface area contributed by atoms with E-state index in [2.05, 4.69) is 16.4 Å². The highest BCUT2D eigenvalue weighted by Gasteiger charge is 2.21. The molecule has 1 aromatic rings. The number of anilines is 1. The zero-order valence-electron chi connectivity index (χ0n) is 10.8. The smallest absolute Gasteiger partial charge is 0.303 e. The number of nitrogens with zero attached hydrogens (tertiary/aromatic N) is 2. The van der Waals surface area contributed by atoms with Crippen LogP contribution in [0.2, 0.25) is 0 Å². The topological polar surface area (TPSA) is 86.0 Å². The zero-order chi connectivity index (χ0) is 13.8. The van der Waals surface area contributed by atoms with Gasteiger partial charge in [0.05, 0.1) is 5.56 Å². The summed E-state index contributed by atoms with van der Waals surface area (Å²) >= 11 is 0. The second-order valence-corrected chi connectivity index (χ2v) is 4.87. The van der Waals surface area contributed by atoms with Crippen LogP contribution >= 0.6 is 0 Å². The minimum absolute atomic E-state index is 0.0771. The van der Waals surface area contributed by atoms with Crippen molar-refractivity contribution in [3.05, 3.63) is 23.4 Å². The number of nitrogens with one attached hydrogen (secondary N) is 1. The molecular formula is C13H17N3O2. The molecule has 0 aliphatic rings. The quantitative estimate of drug-likeness (QED) is 0.833. The Morgan fingerprint density at radius 1 is 1.61 bits per heavy atom. The predicted molar refractivity (Wildman–Crippen MR) is 68.3 cm³/mol. The minimum Gasteiger partial charge on any atom is -0.481 e.